The standard InChI is InChI=1S/C20H27FN4O2/c1-15(19(27)25(3)20(14-22)11-5-4-6-12-20)24(2)13-18(26)23-17-9-7-16(21)8-10-17/h7-10,15H,4-6,11-13H2,1-3H3,(H,23,26)/t15-/m1/s1. The number of nitrogens with one attached hydrogen (secondary N) is 1. The van der Waals surface area contributed by atoms with Crippen LogP contribution in [-0.4, -0.2) is 53.8 Å². The van der Waals surface area contributed by atoms with Crippen LogP contribution in [0.4, 0.5) is 10.1 Å². The van der Waals surface area contributed by atoms with Gasteiger partial charge in [-0.2, -0.15) is 5.26 Å². The minimum atomic E-state index is -0.749. The lowest BCUT2D eigenvalue weighted by Crippen LogP contribution is -2.55. The highest BCUT2D eigenvalue weighted by atomic mass is 19.1. The van der Waals surface area contributed by atoms with Crippen LogP contribution >= 0.6 is 0 Å². The number of halogens is 1. The summed E-state index contributed by atoms with van der Waals surface area (Å²) in [7, 11) is 3.38. The Hall–Kier alpha value is -2.46. The van der Waals surface area contributed by atoms with Crippen LogP contribution in [0, 0.1) is 17.1 Å². The Bertz CT molecular complexity index is 708. The number of hydrogen-bond acceptors (Lipinski definition) is 4. The molecule has 2 amide bonds. The second-order valence-electron chi connectivity index (χ2n) is 7.25. The molecule has 146 valence electrons. The predicted molar refractivity (Wildman–Crippen MR) is 101 cm³/mol. The summed E-state index contributed by atoms with van der Waals surface area (Å²) in [5, 5.41) is 12.3. The Morgan fingerprint density at radius 3 is 2.37 bits per heavy atom. The second-order valence-corrected chi connectivity index (χ2v) is 7.25. The van der Waals surface area contributed by atoms with Gasteiger partial charge in [-0.1, -0.05) is 19.3 Å². The fourth-order valence-electron chi connectivity index (χ4n) is 3.44. The van der Waals surface area contributed by atoms with E-state index in [1.807, 2.05) is 0 Å². The smallest absolute Gasteiger partial charge is 0.240 e. The molecule has 2 rings (SSSR count). The lowest BCUT2D eigenvalue weighted by molar-refractivity contribution is -0.140. The van der Waals surface area contributed by atoms with Crippen molar-refractivity contribution in [3.05, 3.63) is 30.1 Å². The van der Waals surface area contributed by atoms with Crippen LogP contribution in [0.25, 0.3) is 0 Å². The van der Waals surface area contributed by atoms with E-state index in [-0.39, 0.29) is 24.2 Å². The highest BCUT2D eigenvalue weighted by molar-refractivity contribution is 5.92. The molecule has 1 aliphatic carbocycles. The van der Waals surface area contributed by atoms with Crippen LogP contribution in [0.15, 0.2) is 24.3 Å². The largest absolute Gasteiger partial charge is 0.326 e. The molecule has 0 saturated heterocycles. The monoisotopic (exact) mass is 374 g/mol. The molecule has 1 fully saturated rings. The number of anilines is 1. The number of rotatable bonds is 6. The minimum Gasteiger partial charge on any atom is -0.326 e. The maximum absolute atomic E-state index is 12.9. The molecule has 1 atom stereocenters. The molecule has 0 radical (unpaired) electrons. The van der Waals surface area contributed by atoms with E-state index < -0.39 is 11.6 Å². The zero-order chi connectivity index (χ0) is 20.0. The molecule has 0 unspecified atom stereocenters. The van der Waals surface area contributed by atoms with Crippen molar-refractivity contribution in [3.63, 3.8) is 0 Å². The number of nitrogens with zero attached hydrogens (tertiary/aromatic N) is 3. The second kappa shape index (κ2) is 8.96. The highest BCUT2D eigenvalue weighted by Gasteiger charge is 2.40. The van der Waals surface area contributed by atoms with Crippen molar-refractivity contribution >= 4 is 17.5 Å². The van der Waals surface area contributed by atoms with Gasteiger partial charge in [0.05, 0.1) is 18.7 Å². The number of likely N-dealkylation sites (N-methyl/N-ethyl adjacent to an activating group) is 2. The van der Waals surface area contributed by atoms with Gasteiger partial charge in [-0.15, -0.1) is 0 Å². The van der Waals surface area contributed by atoms with E-state index in [2.05, 4.69) is 11.4 Å². The average molecular weight is 374 g/mol. The van der Waals surface area contributed by atoms with Crippen molar-refractivity contribution in [3.8, 4) is 6.07 Å². The summed E-state index contributed by atoms with van der Waals surface area (Å²) in [6.45, 7) is 1.75. The Morgan fingerprint density at radius 1 is 1.22 bits per heavy atom. The maximum atomic E-state index is 12.9. The summed E-state index contributed by atoms with van der Waals surface area (Å²) in [6.07, 6.45) is 4.34. The molecule has 0 aromatic heterocycles. The molecule has 6 nitrogen and oxygen atoms in total. The van der Waals surface area contributed by atoms with Crippen LogP contribution < -0.4 is 5.32 Å². The predicted octanol–water partition coefficient (Wildman–Crippen LogP) is 2.77. The van der Waals surface area contributed by atoms with Crippen LogP contribution in [0.2, 0.25) is 0 Å². The molecule has 0 aliphatic heterocycles. The minimum absolute atomic E-state index is 0.0116. The van der Waals surface area contributed by atoms with E-state index in [1.54, 1.807) is 30.8 Å². The molecule has 0 heterocycles. The van der Waals surface area contributed by atoms with E-state index in [9.17, 15) is 19.2 Å². The Kier molecular flexibility index (Phi) is 6.92. The van der Waals surface area contributed by atoms with Gasteiger partial charge in [-0.05, 0) is 51.1 Å². The highest BCUT2D eigenvalue weighted by Crippen LogP contribution is 2.33. The fourth-order valence-corrected chi connectivity index (χ4v) is 3.44. The first-order valence-corrected chi connectivity index (χ1v) is 9.23. The Balaban J connectivity index is 1.95. The summed E-state index contributed by atoms with van der Waals surface area (Å²) in [4.78, 5) is 28.3. The quantitative estimate of drug-likeness (QED) is 0.831. The molecule has 1 aromatic rings. The van der Waals surface area contributed by atoms with Crippen molar-refractivity contribution in [2.24, 2.45) is 0 Å². The lowest BCUT2D eigenvalue weighted by Gasteiger charge is -2.41. The molecule has 0 spiro atoms. The summed E-state index contributed by atoms with van der Waals surface area (Å²) in [5.41, 5.74) is -0.252. The normalized spacial score (nSPS) is 17.0. The van der Waals surface area contributed by atoms with E-state index >= 15 is 0 Å². The third-order valence-corrected chi connectivity index (χ3v) is 5.40. The molecule has 1 saturated carbocycles. The van der Waals surface area contributed by atoms with E-state index in [0.717, 1.165) is 19.3 Å². The molecule has 7 heteroatoms. The molecule has 1 N–H and O–H groups in total. The van der Waals surface area contributed by atoms with Crippen molar-refractivity contribution in [1.29, 1.82) is 5.26 Å². The molecule has 27 heavy (non-hydrogen) atoms. The molecule has 0 bridgehead atoms. The van der Waals surface area contributed by atoms with Crippen molar-refractivity contribution < 1.29 is 14.0 Å². The summed E-state index contributed by atoms with van der Waals surface area (Å²) >= 11 is 0. The zero-order valence-corrected chi connectivity index (χ0v) is 16.2. The first kappa shape index (κ1) is 20.8. The van der Waals surface area contributed by atoms with Gasteiger partial charge in [0.25, 0.3) is 0 Å². The topological polar surface area (TPSA) is 76.4 Å². The molecular weight excluding hydrogens is 347 g/mol. The number of carbonyl (C=O) groups excluding carboxylic acids is 2. The number of hydrogen-bond donors (Lipinski definition) is 1. The molecular formula is C20H27FN4O2. The van der Waals surface area contributed by atoms with Gasteiger partial charge in [0, 0.05) is 12.7 Å². The Morgan fingerprint density at radius 2 is 1.81 bits per heavy atom. The van der Waals surface area contributed by atoms with Gasteiger partial charge in [-0.25, -0.2) is 4.39 Å². The number of amides is 2. The average Bonchev–Trinajstić information content (AvgIpc) is 2.68. The Labute approximate surface area is 159 Å². The number of nitriles is 1. The van der Waals surface area contributed by atoms with Crippen LogP contribution in [0.5, 0.6) is 0 Å². The number of benzene rings is 1. The maximum Gasteiger partial charge on any atom is 0.240 e. The first-order chi connectivity index (χ1) is 12.8. The van der Waals surface area contributed by atoms with Gasteiger partial charge >= 0.3 is 0 Å². The van der Waals surface area contributed by atoms with Gasteiger partial charge in [-0.3, -0.25) is 14.5 Å². The van der Waals surface area contributed by atoms with Crippen molar-refractivity contribution in [2.75, 3.05) is 26.0 Å². The van der Waals surface area contributed by atoms with Crippen LogP contribution in [0.3, 0.4) is 0 Å². The van der Waals surface area contributed by atoms with Crippen molar-refractivity contribution in [1.82, 2.24) is 9.80 Å². The molecule has 1 aliphatic rings. The van der Waals surface area contributed by atoms with Crippen LogP contribution in [-0.2, 0) is 9.59 Å². The first-order valence-electron chi connectivity index (χ1n) is 9.23. The van der Waals surface area contributed by atoms with Gasteiger partial charge in [0.1, 0.15) is 11.4 Å². The fraction of sp³-hybridized carbons (Fsp3) is 0.550. The van der Waals surface area contributed by atoms with Crippen molar-refractivity contribution in [2.45, 2.75) is 50.6 Å². The zero-order valence-electron chi connectivity index (χ0n) is 16.2. The molecule has 1 aromatic carbocycles. The third-order valence-electron chi connectivity index (χ3n) is 5.40. The van der Waals surface area contributed by atoms with E-state index in [1.165, 1.54) is 24.3 Å². The van der Waals surface area contributed by atoms with Gasteiger partial charge < -0.3 is 10.2 Å². The van der Waals surface area contributed by atoms with Gasteiger partial charge in [0.2, 0.25) is 11.8 Å². The summed E-state index contributed by atoms with van der Waals surface area (Å²) in [6, 6.07) is 7.31. The lowest BCUT2D eigenvalue weighted by atomic mass is 9.81. The SMILES string of the molecule is C[C@H](C(=O)N(C)C1(C#N)CCCCC1)N(C)CC(=O)Nc1ccc(F)cc1. The van der Waals surface area contributed by atoms with Gasteiger partial charge in [0.15, 0.2) is 0 Å². The van der Waals surface area contributed by atoms with E-state index in [4.69, 9.17) is 0 Å². The third kappa shape index (κ3) is 5.04. The summed E-state index contributed by atoms with van der Waals surface area (Å²) in [5.74, 6) is -0.837. The van der Waals surface area contributed by atoms with E-state index in [0.29, 0.717) is 18.5 Å². The number of carbonyl (C=O) groups is 2. The summed E-state index contributed by atoms with van der Waals surface area (Å²) < 4.78 is 12.9. The van der Waals surface area contributed by atoms with Crippen LogP contribution in [0.1, 0.15) is 39.0 Å².